The molecule has 19 heavy (non-hydrogen) atoms. The first-order valence-electron chi connectivity index (χ1n) is 6.51. The molecule has 0 aliphatic rings. The molecular formula is C17H19NO. The molecule has 1 N–H and O–H groups in total. The zero-order valence-electron chi connectivity index (χ0n) is 11.6. The molecule has 2 aromatic carbocycles. The molecule has 0 spiro atoms. The summed E-state index contributed by atoms with van der Waals surface area (Å²) in [6.45, 7) is 6.18. The smallest absolute Gasteiger partial charge is 0.251 e. The number of aryl methyl sites for hydroxylation is 2. The lowest BCUT2D eigenvalue weighted by molar-refractivity contribution is 0.0940. The van der Waals surface area contributed by atoms with Crippen LogP contribution in [0.3, 0.4) is 0 Å². The highest BCUT2D eigenvalue weighted by Gasteiger charge is 2.11. The van der Waals surface area contributed by atoms with Crippen molar-refractivity contribution in [3.05, 3.63) is 70.8 Å². The van der Waals surface area contributed by atoms with Gasteiger partial charge in [0.05, 0.1) is 6.04 Å². The Bertz CT molecular complexity index is 575. The van der Waals surface area contributed by atoms with Gasteiger partial charge >= 0.3 is 0 Å². The Morgan fingerprint density at radius 1 is 1.00 bits per heavy atom. The first-order valence-corrected chi connectivity index (χ1v) is 6.51. The van der Waals surface area contributed by atoms with Crippen molar-refractivity contribution in [2.24, 2.45) is 0 Å². The van der Waals surface area contributed by atoms with Gasteiger partial charge in [-0.25, -0.2) is 0 Å². The highest BCUT2D eigenvalue weighted by molar-refractivity contribution is 5.94. The molecule has 1 amide bonds. The molecule has 0 saturated carbocycles. The molecule has 0 saturated heterocycles. The van der Waals surface area contributed by atoms with Crippen LogP contribution in [0.5, 0.6) is 0 Å². The van der Waals surface area contributed by atoms with Gasteiger partial charge in [0, 0.05) is 5.56 Å². The Hall–Kier alpha value is -2.09. The SMILES string of the molecule is Cc1ccc([C@H](C)NC(=O)c2ccccc2)cc1C. The van der Waals surface area contributed by atoms with Gasteiger partial charge in [-0.15, -0.1) is 0 Å². The largest absolute Gasteiger partial charge is 0.346 e. The summed E-state index contributed by atoms with van der Waals surface area (Å²) in [7, 11) is 0. The quantitative estimate of drug-likeness (QED) is 0.885. The minimum absolute atomic E-state index is 0.00649. The van der Waals surface area contributed by atoms with Crippen molar-refractivity contribution in [2.75, 3.05) is 0 Å². The highest BCUT2D eigenvalue weighted by atomic mass is 16.1. The number of rotatable bonds is 3. The molecule has 0 heterocycles. The third-order valence-corrected chi connectivity index (χ3v) is 3.41. The van der Waals surface area contributed by atoms with Crippen molar-refractivity contribution >= 4 is 5.91 Å². The Kier molecular flexibility index (Phi) is 4.00. The van der Waals surface area contributed by atoms with Crippen molar-refractivity contribution in [2.45, 2.75) is 26.8 Å². The second-order valence-corrected chi connectivity index (χ2v) is 4.90. The lowest BCUT2D eigenvalue weighted by Crippen LogP contribution is -2.26. The van der Waals surface area contributed by atoms with E-state index in [4.69, 9.17) is 0 Å². The Morgan fingerprint density at radius 3 is 2.32 bits per heavy atom. The molecule has 2 heteroatoms. The fourth-order valence-corrected chi connectivity index (χ4v) is 1.99. The second kappa shape index (κ2) is 5.70. The van der Waals surface area contributed by atoms with Crippen LogP contribution in [0.25, 0.3) is 0 Å². The van der Waals surface area contributed by atoms with E-state index >= 15 is 0 Å². The van der Waals surface area contributed by atoms with E-state index in [0.717, 1.165) is 5.56 Å². The topological polar surface area (TPSA) is 29.1 Å². The van der Waals surface area contributed by atoms with E-state index in [1.165, 1.54) is 11.1 Å². The van der Waals surface area contributed by atoms with Crippen molar-refractivity contribution in [1.29, 1.82) is 0 Å². The average Bonchev–Trinajstić information content (AvgIpc) is 2.42. The highest BCUT2D eigenvalue weighted by Crippen LogP contribution is 2.17. The van der Waals surface area contributed by atoms with Crippen LogP contribution in [-0.4, -0.2) is 5.91 Å². The van der Waals surface area contributed by atoms with Crippen LogP contribution in [0.15, 0.2) is 48.5 Å². The molecule has 0 radical (unpaired) electrons. The van der Waals surface area contributed by atoms with Gasteiger partial charge < -0.3 is 5.32 Å². The molecule has 0 aliphatic heterocycles. The fourth-order valence-electron chi connectivity index (χ4n) is 1.99. The summed E-state index contributed by atoms with van der Waals surface area (Å²) in [5.74, 6) is -0.0358. The van der Waals surface area contributed by atoms with Crippen LogP contribution in [-0.2, 0) is 0 Å². The van der Waals surface area contributed by atoms with Crippen LogP contribution in [0.1, 0.15) is 40.0 Å². The zero-order valence-corrected chi connectivity index (χ0v) is 11.6. The number of carbonyl (C=O) groups excluding carboxylic acids is 1. The molecule has 2 aromatic rings. The fraction of sp³-hybridized carbons (Fsp3) is 0.235. The van der Waals surface area contributed by atoms with E-state index in [2.05, 4.69) is 37.4 Å². The normalized spacial score (nSPS) is 11.9. The van der Waals surface area contributed by atoms with Gasteiger partial charge in [0.25, 0.3) is 5.91 Å². The summed E-state index contributed by atoms with van der Waals surface area (Å²) in [6.07, 6.45) is 0. The van der Waals surface area contributed by atoms with Crippen LogP contribution >= 0.6 is 0 Å². The molecule has 0 unspecified atom stereocenters. The van der Waals surface area contributed by atoms with E-state index in [9.17, 15) is 4.79 Å². The van der Waals surface area contributed by atoms with E-state index in [-0.39, 0.29) is 11.9 Å². The molecule has 0 aromatic heterocycles. The standard InChI is InChI=1S/C17H19NO/c1-12-9-10-16(11-13(12)2)14(3)18-17(19)15-7-5-4-6-8-15/h4-11,14H,1-3H3,(H,18,19)/t14-/m0/s1. The summed E-state index contributed by atoms with van der Waals surface area (Å²) in [6, 6.07) is 15.6. The van der Waals surface area contributed by atoms with Crippen LogP contribution in [0.2, 0.25) is 0 Å². The monoisotopic (exact) mass is 253 g/mol. The number of amides is 1. The van der Waals surface area contributed by atoms with Crippen molar-refractivity contribution in [3.63, 3.8) is 0 Å². The van der Waals surface area contributed by atoms with Crippen LogP contribution in [0, 0.1) is 13.8 Å². The molecule has 0 fully saturated rings. The first kappa shape index (κ1) is 13.3. The van der Waals surface area contributed by atoms with Gasteiger partial charge in [-0.1, -0.05) is 36.4 Å². The molecule has 98 valence electrons. The second-order valence-electron chi connectivity index (χ2n) is 4.90. The summed E-state index contributed by atoms with van der Waals surface area (Å²) in [5.41, 5.74) is 4.34. The van der Waals surface area contributed by atoms with Gasteiger partial charge in [0.1, 0.15) is 0 Å². The van der Waals surface area contributed by atoms with Gasteiger partial charge in [-0.05, 0) is 49.6 Å². The Balaban J connectivity index is 2.10. The third-order valence-electron chi connectivity index (χ3n) is 3.41. The van der Waals surface area contributed by atoms with Gasteiger partial charge in [-0.3, -0.25) is 4.79 Å². The summed E-state index contributed by atoms with van der Waals surface area (Å²) in [5, 5.41) is 3.02. The van der Waals surface area contributed by atoms with Crippen LogP contribution in [0.4, 0.5) is 0 Å². The lowest BCUT2D eigenvalue weighted by Gasteiger charge is -2.15. The molecule has 0 bridgehead atoms. The van der Waals surface area contributed by atoms with E-state index < -0.39 is 0 Å². The maximum absolute atomic E-state index is 12.1. The number of carbonyl (C=O) groups is 1. The van der Waals surface area contributed by atoms with Crippen LogP contribution < -0.4 is 5.32 Å². The number of hydrogen-bond donors (Lipinski definition) is 1. The Morgan fingerprint density at radius 2 is 1.68 bits per heavy atom. The summed E-state index contributed by atoms with van der Waals surface area (Å²) >= 11 is 0. The summed E-state index contributed by atoms with van der Waals surface area (Å²) < 4.78 is 0. The van der Waals surface area contributed by atoms with Crippen molar-refractivity contribution in [1.82, 2.24) is 5.32 Å². The zero-order chi connectivity index (χ0) is 13.8. The van der Waals surface area contributed by atoms with Gasteiger partial charge in [0.2, 0.25) is 0 Å². The molecule has 2 rings (SSSR count). The Labute approximate surface area is 114 Å². The number of benzene rings is 2. The minimum Gasteiger partial charge on any atom is -0.346 e. The predicted octanol–water partition coefficient (Wildman–Crippen LogP) is 3.79. The summed E-state index contributed by atoms with van der Waals surface area (Å²) in [4.78, 5) is 12.1. The van der Waals surface area contributed by atoms with Crippen molar-refractivity contribution in [3.8, 4) is 0 Å². The molecular weight excluding hydrogens is 234 g/mol. The van der Waals surface area contributed by atoms with E-state index in [1.54, 1.807) is 0 Å². The minimum atomic E-state index is -0.0358. The van der Waals surface area contributed by atoms with E-state index in [1.807, 2.05) is 37.3 Å². The maximum atomic E-state index is 12.1. The van der Waals surface area contributed by atoms with Gasteiger partial charge in [0.15, 0.2) is 0 Å². The molecule has 1 atom stereocenters. The molecule has 0 aliphatic carbocycles. The lowest BCUT2D eigenvalue weighted by atomic mass is 10.0. The number of hydrogen-bond acceptors (Lipinski definition) is 1. The first-order chi connectivity index (χ1) is 9.08. The predicted molar refractivity (Wildman–Crippen MR) is 78.2 cm³/mol. The van der Waals surface area contributed by atoms with Gasteiger partial charge in [-0.2, -0.15) is 0 Å². The third kappa shape index (κ3) is 3.22. The van der Waals surface area contributed by atoms with Crippen molar-refractivity contribution < 1.29 is 4.79 Å². The maximum Gasteiger partial charge on any atom is 0.251 e. The molecule has 2 nitrogen and oxygen atoms in total. The van der Waals surface area contributed by atoms with E-state index in [0.29, 0.717) is 5.56 Å². The number of nitrogens with one attached hydrogen (secondary N) is 1. The average molecular weight is 253 g/mol.